The smallest absolute Gasteiger partial charge is 0.317 e. The number of benzene rings is 1. The van der Waals surface area contributed by atoms with Crippen molar-refractivity contribution in [3.8, 4) is 0 Å². The van der Waals surface area contributed by atoms with Crippen LogP contribution in [-0.2, 0) is 6.54 Å². The molecule has 0 spiro atoms. The second-order valence-electron chi connectivity index (χ2n) is 6.86. The van der Waals surface area contributed by atoms with Crippen LogP contribution in [0.2, 0.25) is 0 Å². The highest BCUT2D eigenvalue weighted by Gasteiger charge is 2.25. The number of amides is 2. The van der Waals surface area contributed by atoms with Crippen LogP contribution in [0, 0.1) is 5.92 Å². The number of rotatable bonds is 4. The van der Waals surface area contributed by atoms with Crippen molar-refractivity contribution in [2.45, 2.75) is 38.3 Å². The zero-order valence-electron chi connectivity index (χ0n) is 14.5. The van der Waals surface area contributed by atoms with E-state index in [1.54, 1.807) is 11.9 Å². The van der Waals surface area contributed by atoms with Gasteiger partial charge < -0.3 is 20.3 Å². The van der Waals surface area contributed by atoms with E-state index in [1.165, 1.54) is 6.07 Å². The minimum absolute atomic E-state index is 0.143. The molecule has 2 amide bonds. The Morgan fingerprint density at radius 2 is 2.08 bits per heavy atom. The molecule has 1 aromatic heterocycles. The van der Waals surface area contributed by atoms with Crippen molar-refractivity contribution in [1.82, 2.24) is 15.2 Å². The Hall–Kier alpha value is -2.34. The van der Waals surface area contributed by atoms with Gasteiger partial charge in [0.1, 0.15) is 0 Å². The fourth-order valence-electron chi connectivity index (χ4n) is 3.56. The molecule has 25 heavy (non-hydrogen) atoms. The Bertz CT molecular complexity index is 802. The van der Waals surface area contributed by atoms with Crippen LogP contribution < -0.4 is 10.9 Å². The van der Waals surface area contributed by atoms with Gasteiger partial charge in [-0.1, -0.05) is 31.0 Å². The van der Waals surface area contributed by atoms with E-state index in [1.807, 2.05) is 24.3 Å². The first-order chi connectivity index (χ1) is 12.0. The third-order valence-electron chi connectivity index (χ3n) is 4.99. The maximum atomic E-state index is 12.4. The maximum Gasteiger partial charge on any atom is 0.317 e. The van der Waals surface area contributed by atoms with Gasteiger partial charge in [-0.05, 0) is 24.5 Å². The van der Waals surface area contributed by atoms with Crippen molar-refractivity contribution in [1.29, 1.82) is 0 Å². The molecule has 0 bridgehead atoms. The number of nitrogens with zero attached hydrogens (tertiary/aromatic N) is 1. The number of hydrogen-bond acceptors (Lipinski definition) is 3. The highest BCUT2D eigenvalue weighted by atomic mass is 16.3. The third-order valence-corrected chi connectivity index (χ3v) is 4.99. The lowest BCUT2D eigenvalue weighted by molar-refractivity contribution is 0.0565. The quantitative estimate of drug-likeness (QED) is 0.796. The molecule has 1 heterocycles. The average Bonchev–Trinajstić information content (AvgIpc) is 2.61. The number of aromatic nitrogens is 1. The molecule has 0 unspecified atom stereocenters. The maximum absolute atomic E-state index is 12.4. The molecule has 0 aliphatic heterocycles. The zero-order valence-corrected chi connectivity index (χ0v) is 14.5. The van der Waals surface area contributed by atoms with Gasteiger partial charge in [0, 0.05) is 43.0 Å². The number of aliphatic hydroxyl groups is 1. The van der Waals surface area contributed by atoms with Gasteiger partial charge in [0.15, 0.2) is 0 Å². The average molecular weight is 343 g/mol. The summed E-state index contributed by atoms with van der Waals surface area (Å²) in [6, 6.07) is 8.87. The number of urea groups is 1. The molecule has 0 radical (unpaired) electrons. The van der Waals surface area contributed by atoms with Crippen LogP contribution in [0.25, 0.3) is 10.9 Å². The summed E-state index contributed by atoms with van der Waals surface area (Å²) in [7, 11) is 1.74. The first kappa shape index (κ1) is 17.5. The minimum atomic E-state index is -0.319. The molecule has 1 aliphatic rings. The van der Waals surface area contributed by atoms with Crippen LogP contribution in [-0.4, -0.2) is 40.7 Å². The van der Waals surface area contributed by atoms with Crippen LogP contribution in [0.3, 0.4) is 0 Å². The van der Waals surface area contributed by atoms with Crippen molar-refractivity contribution in [3.05, 3.63) is 46.2 Å². The Labute approximate surface area is 146 Å². The summed E-state index contributed by atoms with van der Waals surface area (Å²) in [4.78, 5) is 28.6. The van der Waals surface area contributed by atoms with E-state index in [9.17, 15) is 14.7 Å². The molecule has 1 aromatic carbocycles. The van der Waals surface area contributed by atoms with E-state index in [0.717, 1.165) is 42.1 Å². The van der Waals surface area contributed by atoms with E-state index in [4.69, 9.17) is 0 Å². The lowest BCUT2D eigenvalue weighted by atomic mass is 9.86. The van der Waals surface area contributed by atoms with Crippen LogP contribution in [0.1, 0.15) is 31.2 Å². The van der Waals surface area contributed by atoms with E-state index in [0.29, 0.717) is 13.1 Å². The first-order valence-electron chi connectivity index (χ1n) is 8.82. The lowest BCUT2D eigenvalue weighted by Crippen LogP contribution is -2.42. The standard InChI is InChI=1S/C19H25N3O3/c1-22(12-13-6-2-5-9-17(13)23)19(25)20-11-14-10-18(24)21-16-8-4-3-7-15(14)16/h3-4,7-8,10,13,17,23H,2,5-6,9,11-12H2,1H3,(H,20,25)(H,21,24)/t13-,17-/m0/s1. The Balaban J connectivity index is 1.63. The number of nitrogens with one attached hydrogen (secondary N) is 2. The van der Waals surface area contributed by atoms with Crippen molar-refractivity contribution in [3.63, 3.8) is 0 Å². The third kappa shape index (κ3) is 4.20. The molecule has 1 fully saturated rings. The summed E-state index contributed by atoms with van der Waals surface area (Å²) in [5.74, 6) is 0.143. The number of H-pyrrole nitrogens is 1. The molecule has 2 atom stereocenters. The van der Waals surface area contributed by atoms with Gasteiger partial charge in [0.25, 0.3) is 0 Å². The van der Waals surface area contributed by atoms with Gasteiger partial charge in [-0.15, -0.1) is 0 Å². The summed E-state index contributed by atoms with van der Waals surface area (Å²) in [5, 5.41) is 13.9. The topological polar surface area (TPSA) is 85.4 Å². The van der Waals surface area contributed by atoms with E-state index in [-0.39, 0.29) is 23.6 Å². The molecule has 0 saturated heterocycles. The highest BCUT2D eigenvalue weighted by molar-refractivity contribution is 5.82. The Morgan fingerprint density at radius 3 is 2.88 bits per heavy atom. The van der Waals surface area contributed by atoms with Gasteiger partial charge >= 0.3 is 6.03 Å². The second kappa shape index (κ2) is 7.70. The number of pyridine rings is 1. The van der Waals surface area contributed by atoms with Crippen LogP contribution >= 0.6 is 0 Å². The van der Waals surface area contributed by atoms with Crippen LogP contribution in [0.4, 0.5) is 4.79 Å². The van der Waals surface area contributed by atoms with Crippen LogP contribution in [0.5, 0.6) is 0 Å². The number of para-hydroxylation sites is 1. The molecule has 3 N–H and O–H groups in total. The van der Waals surface area contributed by atoms with Gasteiger partial charge in [-0.25, -0.2) is 4.79 Å². The van der Waals surface area contributed by atoms with Crippen molar-refractivity contribution in [2.24, 2.45) is 5.92 Å². The molecular formula is C19H25N3O3. The number of carbonyl (C=O) groups excluding carboxylic acids is 1. The predicted octanol–water partition coefficient (Wildman–Crippen LogP) is 2.22. The second-order valence-corrected chi connectivity index (χ2v) is 6.86. The van der Waals surface area contributed by atoms with Gasteiger partial charge in [0.2, 0.25) is 5.56 Å². The number of fused-ring (bicyclic) bond motifs is 1. The molecular weight excluding hydrogens is 318 g/mol. The van der Waals surface area contributed by atoms with Crippen LogP contribution in [0.15, 0.2) is 35.1 Å². The summed E-state index contributed by atoms with van der Waals surface area (Å²) in [6.07, 6.45) is 3.62. The molecule has 6 nitrogen and oxygen atoms in total. The predicted molar refractivity (Wildman–Crippen MR) is 97.4 cm³/mol. The minimum Gasteiger partial charge on any atom is -0.393 e. The molecule has 134 valence electrons. The summed E-state index contributed by atoms with van der Waals surface area (Å²) < 4.78 is 0. The van der Waals surface area contributed by atoms with Gasteiger partial charge in [-0.2, -0.15) is 0 Å². The van der Waals surface area contributed by atoms with E-state index >= 15 is 0 Å². The number of aliphatic hydroxyl groups excluding tert-OH is 1. The molecule has 1 aliphatic carbocycles. The summed E-state index contributed by atoms with van der Waals surface area (Å²) >= 11 is 0. The normalized spacial score (nSPS) is 20.4. The Kier molecular flexibility index (Phi) is 5.38. The molecule has 3 rings (SSSR count). The SMILES string of the molecule is CN(C[C@@H]1CCCC[C@@H]1O)C(=O)NCc1cc(=O)[nH]c2ccccc12. The lowest BCUT2D eigenvalue weighted by Gasteiger charge is -2.31. The summed E-state index contributed by atoms with van der Waals surface area (Å²) in [6.45, 7) is 0.837. The van der Waals surface area contributed by atoms with Crippen molar-refractivity contribution >= 4 is 16.9 Å². The van der Waals surface area contributed by atoms with Gasteiger partial charge in [0.05, 0.1) is 6.10 Å². The number of aromatic amines is 1. The summed E-state index contributed by atoms with van der Waals surface area (Å²) in [5.41, 5.74) is 1.37. The number of hydrogen-bond donors (Lipinski definition) is 3. The number of carbonyl (C=O) groups is 1. The fourth-order valence-corrected chi connectivity index (χ4v) is 3.56. The Morgan fingerprint density at radius 1 is 1.32 bits per heavy atom. The first-order valence-corrected chi connectivity index (χ1v) is 8.82. The van der Waals surface area contributed by atoms with Crippen molar-refractivity contribution in [2.75, 3.05) is 13.6 Å². The van der Waals surface area contributed by atoms with E-state index < -0.39 is 0 Å². The molecule has 2 aromatic rings. The van der Waals surface area contributed by atoms with Crippen molar-refractivity contribution < 1.29 is 9.90 Å². The molecule has 1 saturated carbocycles. The largest absolute Gasteiger partial charge is 0.393 e. The molecule has 6 heteroatoms. The fraction of sp³-hybridized carbons (Fsp3) is 0.474. The highest BCUT2D eigenvalue weighted by Crippen LogP contribution is 2.24. The van der Waals surface area contributed by atoms with E-state index in [2.05, 4.69) is 10.3 Å². The van der Waals surface area contributed by atoms with Gasteiger partial charge in [-0.3, -0.25) is 4.79 Å². The zero-order chi connectivity index (χ0) is 17.8. The monoisotopic (exact) mass is 343 g/mol.